The Labute approximate surface area is 193 Å². The first-order valence-corrected chi connectivity index (χ1v) is 12.2. The summed E-state index contributed by atoms with van der Waals surface area (Å²) >= 11 is 1.57. The molecule has 5 rings (SSSR count). The van der Waals surface area contributed by atoms with E-state index < -0.39 is 0 Å². The zero-order valence-corrected chi connectivity index (χ0v) is 20.1. The van der Waals surface area contributed by atoms with Gasteiger partial charge in [0.1, 0.15) is 16.4 Å². The van der Waals surface area contributed by atoms with E-state index in [1.807, 2.05) is 70.2 Å². The van der Waals surface area contributed by atoms with E-state index in [2.05, 4.69) is 14.8 Å². The van der Waals surface area contributed by atoms with E-state index in [9.17, 15) is 9.90 Å². The van der Waals surface area contributed by atoms with Gasteiger partial charge in [-0.05, 0) is 18.2 Å². The van der Waals surface area contributed by atoms with E-state index in [1.54, 1.807) is 17.4 Å². The number of anilines is 1. The van der Waals surface area contributed by atoms with Crippen molar-refractivity contribution in [1.82, 2.24) is 14.9 Å². The maximum atomic E-state index is 12.6. The molecule has 0 radical (unpaired) electrons. The van der Waals surface area contributed by atoms with Gasteiger partial charge in [-0.3, -0.25) is 9.69 Å². The average molecular weight is 453 g/mol. The highest BCUT2D eigenvalue weighted by molar-refractivity contribution is 7.25. The SMILES string of the molecule is CC.CC.O=c1[nH]c(CN2CCN(c3ccccc3O)CC2)nc2sc3ccccc3c12. The highest BCUT2D eigenvalue weighted by atomic mass is 32.1. The molecule has 4 aromatic rings. The summed E-state index contributed by atoms with van der Waals surface area (Å²) in [6, 6.07) is 15.4. The highest BCUT2D eigenvalue weighted by Gasteiger charge is 2.20. The van der Waals surface area contributed by atoms with Crippen molar-refractivity contribution in [2.24, 2.45) is 0 Å². The zero-order valence-electron chi connectivity index (χ0n) is 19.3. The molecule has 1 aliphatic rings. The summed E-state index contributed by atoms with van der Waals surface area (Å²) in [6.45, 7) is 12.0. The van der Waals surface area contributed by atoms with E-state index >= 15 is 0 Å². The van der Waals surface area contributed by atoms with Gasteiger partial charge in [-0.25, -0.2) is 4.98 Å². The van der Waals surface area contributed by atoms with E-state index in [1.165, 1.54) is 0 Å². The van der Waals surface area contributed by atoms with Crippen molar-refractivity contribution in [3.8, 4) is 5.75 Å². The van der Waals surface area contributed by atoms with Crippen molar-refractivity contribution in [1.29, 1.82) is 0 Å². The third-order valence-electron chi connectivity index (χ3n) is 5.27. The van der Waals surface area contributed by atoms with Crippen molar-refractivity contribution in [3.63, 3.8) is 0 Å². The lowest BCUT2D eigenvalue weighted by molar-refractivity contribution is 0.243. The molecule has 0 amide bonds. The lowest BCUT2D eigenvalue weighted by atomic mass is 10.2. The third-order valence-corrected chi connectivity index (χ3v) is 6.33. The number of para-hydroxylation sites is 2. The number of fused-ring (bicyclic) bond motifs is 3. The molecular formula is C25H32N4O2S. The molecule has 0 atom stereocenters. The normalized spacial score (nSPS) is 13.9. The number of aromatic nitrogens is 2. The van der Waals surface area contributed by atoms with Crippen LogP contribution in [-0.2, 0) is 6.54 Å². The van der Waals surface area contributed by atoms with Crippen molar-refractivity contribution < 1.29 is 5.11 Å². The van der Waals surface area contributed by atoms with Gasteiger partial charge in [0, 0.05) is 36.3 Å². The Morgan fingerprint density at radius 3 is 2.34 bits per heavy atom. The number of benzene rings is 2. The maximum absolute atomic E-state index is 12.6. The first-order chi connectivity index (χ1) is 15.7. The summed E-state index contributed by atoms with van der Waals surface area (Å²) in [6.07, 6.45) is 0. The van der Waals surface area contributed by atoms with Crippen LogP contribution >= 0.6 is 11.3 Å². The van der Waals surface area contributed by atoms with Crippen molar-refractivity contribution >= 4 is 37.3 Å². The average Bonchev–Trinajstić information content (AvgIpc) is 3.21. The number of hydrogen-bond donors (Lipinski definition) is 2. The predicted molar refractivity (Wildman–Crippen MR) is 136 cm³/mol. The number of phenols is 1. The van der Waals surface area contributed by atoms with Crippen LogP contribution in [0.5, 0.6) is 5.75 Å². The third kappa shape index (κ3) is 4.95. The molecule has 0 spiro atoms. The van der Waals surface area contributed by atoms with Gasteiger partial charge in [-0.2, -0.15) is 0 Å². The van der Waals surface area contributed by atoms with Gasteiger partial charge in [0.2, 0.25) is 0 Å². The topological polar surface area (TPSA) is 72.5 Å². The highest BCUT2D eigenvalue weighted by Crippen LogP contribution is 2.30. The molecule has 170 valence electrons. The summed E-state index contributed by atoms with van der Waals surface area (Å²) in [5.41, 5.74) is 0.811. The lowest BCUT2D eigenvalue weighted by Crippen LogP contribution is -2.46. The summed E-state index contributed by atoms with van der Waals surface area (Å²) < 4.78 is 1.09. The second-order valence-corrected chi connectivity index (χ2v) is 8.07. The van der Waals surface area contributed by atoms with Gasteiger partial charge in [-0.1, -0.05) is 58.0 Å². The van der Waals surface area contributed by atoms with Gasteiger partial charge in [0.05, 0.1) is 17.6 Å². The van der Waals surface area contributed by atoms with Crippen LogP contribution < -0.4 is 10.5 Å². The quantitative estimate of drug-likeness (QED) is 0.446. The van der Waals surface area contributed by atoms with Crippen LogP contribution in [0.1, 0.15) is 33.5 Å². The van der Waals surface area contributed by atoms with Gasteiger partial charge in [0.15, 0.2) is 0 Å². The van der Waals surface area contributed by atoms with E-state index in [0.29, 0.717) is 23.5 Å². The fourth-order valence-corrected chi connectivity index (χ4v) is 4.94. The van der Waals surface area contributed by atoms with E-state index in [-0.39, 0.29) is 5.56 Å². The van der Waals surface area contributed by atoms with Crippen LogP contribution in [0.25, 0.3) is 20.3 Å². The first-order valence-electron chi connectivity index (χ1n) is 11.3. The number of hydrogen-bond acceptors (Lipinski definition) is 6. The zero-order chi connectivity index (χ0) is 23.1. The molecule has 0 bridgehead atoms. The fraction of sp³-hybridized carbons (Fsp3) is 0.360. The number of aromatic amines is 1. The Kier molecular flexibility index (Phi) is 8.25. The molecule has 1 saturated heterocycles. The largest absolute Gasteiger partial charge is 0.506 e. The monoisotopic (exact) mass is 452 g/mol. The molecule has 32 heavy (non-hydrogen) atoms. The molecule has 7 heteroatoms. The molecule has 2 N–H and O–H groups in total. The molecular weight excluding hydrogens is 420 g/mol. The van der Waals surface area contributed by atoms with Gasteiger partial charge in [0.25, 0.3) is 5.56 Å². The maximum Gasteiger partial charge on any atom is 0.260 e. The van der Waals surface area contributed by atoms with E-state index in [0.717, 1.165) is 46.8 Å². The minimum atomic E-state index is -0.0645. The number of phenolic OH excluding ortho intramolecular Hbond substituents is 1. The molecule has 0 unspecified atom stereocenters. The Hall–Kier alpha value is -2.90. The van der Waals surface area contributed by atoms with Crippen molar-refractivity contribution in [3.05, 3.63) is 64.7 Å². The van der Waals surface area contributed by atoms with Crippen molar-refractivity contribution in [2.75, 3.05) is 31.1 Å². The summed E-state index contributed by atoms with van der Waals surface area (Å²) in [4.78, 5) is 25.6. The van der Waals surface area contributed by atoms with Gasteiger partial charge >= 0.3 is 0 Å². The van der Waals surface area contributed by atoms with Crippen molar-refractivity contribution in [2.45, 2.75) is 34.2 Å². The number of nitrogens with zero attached hydrogens (tertiary/aromatic N) is 3. The summed E-state index contributed by atoms with van der Waals surface area (Å²) in [7, 11) is 0. The molecule has 0 aliphatic carbocycles. The molecule has 1 fully saturated rings. The lowest BCUT2D eigenvalue weighted by Gasteiger charge is -2.36. The smallest absolute Gasteiger partial charge is 0.260 e. The number of rotatable bonds is 3. The second kappa shape index (κ2) is 11.1. The number of nitrogens with one attached hydrogen (secondary N) is 1. The van der Waals surface area contributed by atoms with Crippen LogP contribution in [0.3, 0.4) is 0 Å². The number of H-pyrrole nitrogens is 1. The summed E-state index contributed by atoms with van der Waals surface area (Å²) in [5.74, 6) is 1.03. The van der Waals surface area contributed by atoms with Crippen LogP contribution in [-0.4, -0.2) is 46.2 Å². The Morgan fingerprint density at radius 2 is 1.62 bits per heavy atom. The first kappa shape index (κ1) is 23.8. The molecule has 2 aromatic carbocycles. The minimum Gasteiger partial charge on any atom is -0.506 e. The minimum absolute atomic E-state index is 0.0645. The van der Waals surface area contributed by atoms with Crippen LogP contribution in [0.15, 0.2) is 53.3 Å². The molecule has 2 aromatic heterocycles. The Bertz CT molecular complexity index is 1210. The number of thiophene rings is 1. The second-order valence-electron chi connectivity index (χ2n) is 7.04. The molecule has 3 heterocycles. The molecule has 0 saturated carbocycles. The van der Waals surface area contributed by atoms with Gasteiger partial charge in [-0.15, -0.1) is 11.3 Å². The molecule has 6 nitrogen and oxygen atoms in total. The standard InChI is InChI=1S/C21H20N4O2S.2C2H6/c26-16-7-3-2-6-15(16)25-11-9-24(10-12-25)13-18-22-20(27)19-14-5-1-4-8-17(14)28-21(19)23-18;2*1-2/h1-8,26H,9-13H2,(H,22,23,27);2*1-2H3. The Morgan fingerprint density at radius 1 is 0.969 bits per heavy atom. The predicted octanol–water partition coefficient (Wildman–Crippen LogP) is 5.22. The van der Waals surface area contributed by atoms with Gasteiger partial charge < -0.3 is 15.0 Å². The van der Waals surface area contributed by atoms with E-state index in [4.69, 9.17) is 4.98 Å². The van der Waals surface area contributed by atoms with Crippen LogP contribution in [0.4, 0.5) is 5.69 Å². The fourth-order valence-electron chi connectivity index (χ4n) is 3.84. The Balaban J connectivity index is 0.000000686. The summed E-state index contributed by atoms with van der Waals surface area (Å²) in [5, 5.41) is 11.7. The molecule has 1 aliphatic heterocycles. The van der Waals surface area contributed by atoms with Crippen LogP contribution in [0.2, 0.25) is 0 Å². The number of aromatic hydroxyl groups is 1. The number of piperazine rings is 1. The van der Waals surface area contributed by atoms with Crippen LogP contribution in [0, 0.1) is 0 Å².